The van der Waals surface area contributed by atoms with E-state index in [-0.39, 0.29) is 5.56 Å². The maximum absolute atomic E-state index is 13.3. The number of fused-ring (bicyclic) bond motifs is 1. The zero-order valence-electron chi connectivity index (χ0n) is 25.5. The highest BCUT2D eigenvalue weighted by Gasteiger charge is 2.40. The van der Waals surface area contributed by atoms with E-state index in [2.05, 4.69) is 15.0 Å². The van der Waals surface area contributed by atoms with Crippen LogP contribution in [0.2, 0.25) is 5.02 Å². The monoisotopic (exact) mass is 702 g/mol. The van der Waals surface area contributed by atoms with Crippen molar-refractivity contribution >= 4 is 28.5 Å². The van der Waals surface area contributed by atoms with Crippen LogP contribution in [0.4, 0.5) is 26.3 Å². The lowest BCUT2D eigenvalue weighted by molar-refractivity contribution is -0.192. The minimum atomic E-state index is -5.08. The van der Waals surface area contributed by atoms with Crippen LogP contribution in [0.5, 0.6) is 0 Å². The quantitative estimate of drug-likeness (QED) is 0.181. The van der Waals surface area contributed by atoms with Crippen LogP contribution in [-0.4, -0.2) is 51.4 Å². The van der Waals surface area contributed by atoms with E-state index in [1.54, 1.807) is 36.0 Å². The molecule has 2 aromatic carbocycles. The third-order valence-electron chi connectivity index (χ3n) is 7.59. The van der Waals surface area contributed by atoms with Crippen molar-refractivity contribution in [2.45, 2.75) is 24.4 Å². The number of hydrogen-bond acceptors (Lipinski definition) is 6. The molecule has 0 spiro atoms. The summed E-state index contributed by atoms with van der Waals surface area (Å²) in [6, 6.07) is 17.0. The van der Waals surface area contributed by atoms with Crippen molar-refractivity contribution in [3.05, 3.63) is 130 Å². The number of halogens is 7. The topological polar surface area (TPSA) is 119 Å². The number of hydrogen-bond donors (Lipinski definition) is 2. The normalized spacial score (nSPS) is 13.1. The number of aliphatic hydroxyl groups is 1. The molecule has 49 heavy (non-hydrogen) atoms. The second-order valence-corrected chi connectivity index (χ2v) is 11.2. The van der Waals surface area contributed by atoms with E-state index < -0.39 is 29.6 Å². The van der Waals surface area contributed by atoms with E-state index in [0.29, 0.717) is 45.1 Å². The Morgan fingerprint density at radius 2 is 1.57 bits per heavy atom. The summed E-state index contributed by atoms with van der Waals surface area (Å²) in [6.07, 6.45) is -1.70. The van der Waals surface area contributed by atoms with Gasteiger partial charge in [0.25, 0.3) is 0 Å². The molecule has 1 unspecified atom stereocenters. The number of aliphatic carboxylic acids is 1. The van der Waals surface area contributed by atoms with Crippen LogP contribution in [0.15, 0.2) is 91.8 Å². The molecule has 0 saturated heterocycles. The van der Waals surface area contributed by atoms with Crippen LogP contribution in [0.25, 0.3) is 22.4 Å². The number of carbonyl (C=O) groups is 1. The smallest absolute Gasteiger partial charge is 0.475 e. The number of carboxylic acids is 1. The largest absolute Gasteiger partial charge is 0.490 e. The Balaban J connectivity index is 0.000000606. The van der Waals surface area contributed by atoms with E-state index in [0.717, 1.165) is 23.4 Å². The molecular weight excluding hydrogens is 678 g/mol. The van der Waals surface area contributed by atoms with Crippen molar-refractivity contribution in [1.29, 1.82) is 0 Å². The predicted molar refractivity (Wildman–Crippen MR) is 166 cm³/mol. The Morgan fingerprint density at radius 1 is 0.898 bits per heavy atom. The Morgan fingerprint density at radius 3 is 2.10 bits per heavy atom. The fourth-order valence-electron chi connectivity index (χ4n) is 5.17. The van der Waals surface area contributed by atoms with Crippen molar-refractivity contribution in [3.8, 4) is 11.5 Å². The molecule has 6 rings (SSSR count). The van der Waals surface area contributed by atoms with Gasteiger partial charge in [-0.2, -0.15) is 26.3 Å². The molecule has 4 heterocycles. The number of rotatable bonds is 6. The molecule has 0 radical (unpaired) electrons. The molecule has 0 saturated carbocycles. The third-order valence-corrected chi connectivity index (χ3v) is 8.02. The molecule has 9 nitrogen and oxygen atoms in total. The minimum Gasteiger partial charge on any atom is -0.475 e. The average molecular weight is 703 g/mol. The molecule has 0 bridgehead atoms. The van der Waals surface area contributed by atoms with Gasteiger partial charge in [-0.3, -0.25) is 4.98 Å². The lowest BCUT2D eigenvalue weighted by atomic mass is 9.83. The van der Waals surface area contributed by atoms with Crippen LogP contribution in [-0.2, 0) is 37.1 Å². The van der Waals surface area contributed by atoms with Crippen molar-refractivity contribution in [1.82, 2.24) is 29.1 Å². The number of pyridine rings is 2. The van der Waals surface area contributed by atoms with Crippen LogP contribution < -0.4 is 0 Å². The lowest BCUT2D eigenvalue weighted by Crippen LogP contribution is -2.31. The van der Waals surface area contributed by atoms with Crippen LogP contribution in [0.3, 0.4) is 0 Å². The molecule has 0 aliphatic carbocycles. The summed E-state index contributed by atoms with van der Waals surface area (Å²) in [5, 5.41) is 20.5. The summed E-state index contributed by atoms with van der Waals surface area (Å²) in [5.74, 6) is -2.11. The molecule has 16 heteroatoms. The minimum absolute atomic E-state index is 0.136. The molecule has 1 atom stereocenters. The summed E-state index contributed by atoms with van der Waals surface area (Å²) in [6.45, 7) is 0. The summed E-state index contributed by atoms with van der Waals surface area (Å²) in [4.78, 5) is 26.1. The molecule has 0 aliphatic rings. The van der Waals surface area contributed by atoms with Crippen LogP contribution in [0, 0.1) is 0 Å². The fraction of sp³-hybridized carbons (Fsp3) is 0.182. The number of alkyl halides is 6. The number of aryl methyl sites for hydroxylation is 2. The summed E-state index contributed by atoms with van der Waals surface area (Å²) < 4.78 is 75.1. The van der Waals surface area contributed by atoms with Gasteiger partial charge in [-0.05, 0) is 29.3 Å². The number of imidazole rings is 2. The average Bonchev–Trinajstić information content (AvgIpc) is 3.69. The Hall–Kier alpha value is -5.28. The van der Waals surface area contributed by atoms with Gasteiger partial charge in [0.2, 0.25) is 0 Å². The first-order valence-electron chi connectivity index (χ1n) is 14.2. The zero-order valence-corrected chi connectivity index (χ0v) is 26.3. The Kier molecular flexibility index (Phi) is 9.52. The predicted octanol–water partition coefficient (Wildman–Crippen LogP) is 6.94. The van der Waals surface area contributed by atoms with Crippen molar-refractivity contribution in [2.75, 3.05) is 0 Å². The Bertz CT molecular complexity index is 2110. The van der Waals surface area contributed by atoms with Crippen LogP contribution >= 0.6 is 11.6 Å². The van der Waals surface area contributed by atoms with E-state index in [1.165, 1.54) is 18.6 Å². The maximum atomic E-state index is 13.3. The SMILES string of the molecule is Cn1cncc1C(O)(c1ccc(C(F)(F)F)nc1)c1ccc2nc(-c3nccn3C)c(Cc3ccccc3)c(Cl)c2c1.O=C(O)C(F)(F)F. The summed E-state index contributed by atoms with van der Waals surface area (Å²) in [5.41, 5.74) is 0.838. The molecular formula is C33H25ClF6N6O3. The van der Waals surface area contributed by atoms with Crippen molar-refractivity contribution in [2.24, 2.45) is 14.1 Å². The lowest BCUT2D eigenvalue weighted by Gasteiger charge is -2.30. The van der Waals surface area contributed by atoms with Gasteiger partial charge in [0, 0.05) is 55.6 Å². The number of carboxylic acid groups (broad SMARTS) is 1. The van der Waals surface area contributed by atoms with Crippen molar-refractivity contribution in [3.63, 3.8) is 0 Å². The van der Waals surface area contributed by atoms with E-state index in [1.807, 2.05) is 48.1 Å². The number of benzene rings is 2. The first-order valence-corrected chi connectivity index (χ1v) is 14.6. The van der Waals surface area contributed by atoms with Gasteiger partial charge in [0.05, 0.1) is 28.8 Å². The molecule has 0 fully saturated rings. The molecule has 2 N–H and O–H groups in total. The standard InChI is InChI=1S/C31H24ClF3N6O.C2HF3O2/c1-40-13-12-37-29(40)28-23(14-19-6-4-3-5-7-19)27(32)22-15-20(8-10-24(22)39-28)30(42,26-17-36-18-41(26)2)21-9-11-25(38-16-21)31(33,34)35;3-2(4,5)1(6)7/h3-13,15-18,42H,14H2,1-2H3;(H,6,7). The summed E-state index contributed by atoms with van der Waals surface area (Å²) >= 11 is 7.15. The molecule has 0 amide bonds. The molecule has 4 aromatic heterocycles. The second-order valence-electron chi connectivity index (χ2n) is 10.8. The zero-order chi connectivity index (χ0) is 35.7. The van der Waals surface area contributed by atoms with E-state index >= 15 is 0 Å². The van der Waals surface area contributed by atoms with Gasteiger partial charge in [-0.15, -0.1) is 0 Å². The van der Waals surface area contributed by atoms with Crippen LogP contribution in [0.1, 0.15) is 33.6 Å². The molecule has 6 aromatic rings. The van der Waals surface area contributed by atoms with Gasteiger partial charge in [-0.1, -0.05) is 54.1 Å². The maximum Gasteiger partial charge on any atom is 0.490 e. The van der Waals surface area contributed by atoms with Crippen molar-refractivity contribution < 1.29 is 41.4 Å². The third kappa shape index (κ3) is 7.12. The molecule has 254 valence electrons. The molecule has 0 aliphatic heterocycles. The highest BCUT2D eigenvalue weighted by molar-refractivity contribution is 6.36. The van der Waals surface area contributed by atoms with Gasteiger partial charge < -0.3 is 19.3 Å². The second kappa shape index (κ2) is 13.3. The fourth-order valence-corrected chi connectivity index (χ4v) is 5.48. The van der Waals surface area contributed by atoms with Gasteiger partial charge in [0.1, 0.15) is 11.4 Å². The van der Waals surface area contributed by atoms with Gasteiger partial charge in [0.15, 0.2) is 11.4 Å². The highest BCUT2D eigenvalue weighted by atomic mass is 35.5. The Labute approximate surface area is 279 Å². The van der Waals surface area contributed by atoms with E-state index in [9.17, 15) is 31.4 Å². The highest BCUT2D eigenvalue weighted by Crippen LogP contribution is 2.41. The number of nitrogens with zero attached hydrogens (tertiary/aromatic N) is 6. The van der Waals surface area contributed by atoms with E-state index in [4.69, 9.17) is 26.5 Å². The first kappa shape index (κ1) is 35.0. The number of aromatic nitrogens is 6. The van der Waals surface area contributed by atoms with Gasteiger partial charge >= 0.3 is 18.3 Å². The summed E-state index contributed by atoms with van der Waals surface area (Å²) in [7, 11) is 3.57. The van der Waals surface area contributed by atoms with Gasteiger partial charge in [-0.25, -0.2) is 19.7 Å². The first-order chi connectivity index (χ1) is 23.0.